The predicted molar refractivity (Wildman–Crippen MR) is 104 cm³/mol. The van der Waals surface area contributed by atoms with E-state index >= 15 is 4.39 Å². The second-order valence-corrected chi connectivity index (χ2v) is 8.80. The highest BCUT2D eigenvalue weighted by molar-refractivity contribution is 5.87. The number of nitrogen functional groups attached to an aromatic ring is 1. The van der Waals surface area contributed by atoms with E-state index in [9.17, 15) is 9.59 Å². The smallest absolute Gasteiger partial charge is 0.350 e. The van der Waals surface area contributed by atoms with E-state index in [1.54, 1.807) is 11.5 Å². The largest absolute Gasteiger partial charge is 0.367 e. The summed E-state index contributed by atoms with van der Waals surface area (Å²) < 4.78 is 17.3. The quantitative estimate of drug-likeness (QED) is 0.769. The minimum atomic E-state index is -0.670. The number of aromatic nitrogens is 2. The van der Waals surface area contributed by atoms with Crippen LogP contribution in [0, 0.1) is 18.2 Å². The fourth-order valence-electron chi connectivity index (χ4n) is 4.59. The molecule has 1 aliphatic heterocycles. The topological polar surface area (TPSA) is 99.3 Å². The van der Waals surface area contributed by atoms with E-state index in [-0.39, 0.29) is 22.9 Å². The number of hydrogen-bond donors (Lipinski definition) is 2. The van der Waals surface area contributed by atoms with Crippen molar-refractivity contribution >= 4 is 16.6 Å². The van der Waals surface area contributed by atoms with Gasteiger partial charge in [-0.25, -0.2) is 9.18 Å². The van der Waals surface area contributed by atoms with Gasteiger partial charge in [-0.15, -0.1) is 0 Å². The first-order valence-corrected chi connectivity index (χ1v) is 9.36. The molecule has 1 aromatic heterocycles. The van der Waals surface area contributed by atoms with E-state index in [4.69, 9.17) is 11.6 Å². The van der Waals surface area contributed by atoms with Gasteiger partial charge in [0.05, 0.1) is 16.6 Å². The van der Waals surface area contributed by atoms with Crippen LogP contribution >= 0.6 is 0 Å². The molecule has 4 rings (SSSR count). The summed E-state index contributed by atoms with van der Waals surface area (Å²) in [6.45, 7) is 7.19. The Kier molecular flexibility index (Phi) is 3.89. The van der Waals surface area contributed by atoms with Gasteiger partial charge in [0.1, 0.15) is 5.82 Å². The molecule has 0 radical (unpaired) electrons. The van der Waals surface area contributed by atoms with Crippen LogP contribution in [-0.2, 0) is 0 Å². The molecule has 1 saturated heterocycles. The van der Waals surface area contributed by atoms with Crippen molar-refractivity contribution in [2.45, 2.75) is 52.1 Å². The van der Waals surface area contributed by atoms with Gasteiger partial charge in [0.25, 0.3) is 5.56 Å². The molecule has 1 aliphatic carbocycles. The Bertz CT molecular complexity index is 1050. The van der Waals surface area contributed by atoms with Gasteiger partial charge in [-0.3, -0.25) is 9.36 Å². The molecule has 8 heteroatoms. The SMILES string of the molecule is Cc1c(N2C[C@@H](N)CC(C)(C)C2)c(F)cc2c(=O)n(N)c(=O)n(C3CC3)c12. The van der Waals surface area contributed by atoms with Gasteiger partial charge in [0, 0.05) is 30.7 Å². The van der Waals surface area contributed by atoms with E-state index in [0.29, 0.717) is 34.5 Å². The van der Waals surface area contributed by atoms with Crippen molar-refractivity contribution in [2.75, 3.05) is 23.8 Å². The van der Waals surface area contributed by atoms with E-state index < -0.39 is 17.1 Å². The third kappa shape index (κ3) is 2.82. The van der Waals surface area contributed by atoms with Gasteiger partial charge >= 0.3 is 5.69 Å². The molecule has 0 spiro atoms. The molecular formula is C19H26FN5O2. The monoisotopic (exact) mass is 375 g/mol. The van der Waals surface area contributed by atoms with Crippen LogP contribution in [0.5, 0.6) is 0 Å². The molecule has 0 bridgehead atoms. The molecule has 0 amide bonds. The van der Waals surface area contributed by atoms with Crippen molar-refractivity contribution in [2.24, 2.45) is 11.1 Å². The first-order chi connectivity index (χ1) is 12.6. The molecule has 0 unspecified atom stereocenters. The van der Waals surface area contributed by atoms with E-state index in [0.717, 1.165) is 19.3 Å². The van der Waals surface area contributed by atoms with E-state index in [2.05, 4.69) is 13.8 Å². The highest BCUT2D eigenvalue weighted by Crippen LogP contribution is 2.40. The summed E-state index contributed by atoms with van der Waals surface area (Å²) in [5.74, 6) is 5.19. The summed E-state index contributed by atoms with van der Waals surface area (Å²) >= 11 is 0. The average molecular weight is 375 g/mol. The fraction of sp³-hybridized carbons (Fsp3) is 0.579. The number of benzene rings is 1. The highest BCUT2D eigenvalue weighted by atomic mass is 19.1. The number of rotatable bonds is 2. The number of nitrogens with two attached hydrogens (primary N) is 2. The van der Waals surface area contributed by atoms with Crippen molar-refractivity contribution in [3.05, 3.63) is 38.3 Å². The van der Waals surface area contributed by atoms with Crippen LogP contribution in [0.2, 0.25) is 0 Å². The molecule has 2 fully saturated rings. The van der Waals surface area contributed by atoms with E-state index in [1.165, 1.54) is 6.07 Å². The Morgan fingerprint density at radius 2 is 1.93 bits per heavy atom. The third-order valence-electron chi connectivity index (χ3n) is 5.68. The number of anilines is 1. The molecule has 1 atom stereocenters. The maximum Gasteiger partial charge on any atom is 0.350 e. The summed E-state index contributed by atoms with van der Waals surface area (Å²) in [6, 6.07) is 1.16. The lowest BCUT2D eigenvalue weighted by Crippen LogP contribution is -2.51. The molecule has 4 N–H and O–H groups in total. The van der Waals surface area contributed by atoms with Crippen LogP contribution in [0.4, 0.5) is 10.1 Å². The number of hydrogen-bond acceptors (Lipinski definition) is 5. The molecule has 1 saturated carbocycles. The Morgan fingerprint density at radius 1 is 1.26 bits per heavy atom. The molecule has 2 heterocycles. The van der Waals surface area contributed by atoms with E-state index in [1.807, 2.05) is 4.90 Å². The van der Waals surface area contributed by atoms with Gasteiger partial charge in [-0.2, -0.15) is 4.68 Å². The van der Waals surface area contributed by atoms with Crippen LogP contribution in [0.15, 0.2) is 15.7 Å². The summed E-state index contributed by atoms with van der Waals surface area (Å²) in [5.41, 5.74) is 6.45. The van der Waals surface area contributed by atoms with Gasteiger partial charge in [-0.05, 0) is 37.7 Å². The van der Waals surface area contributed by atoms with Crippen LogP contribution in [0.3, 0.4) is 0 Å². The van der Waals surface area contributed by atoms with Crippen LogP contribution in [0.1, 0.15) is 44.7 Å². The summed E-state index contributed by atoms with van der Waals surface area (Å²) in [6.07, 6.45) is 2.56. The third-order valence-corrected chi connectivity index (χ3v) is 5.68. The zero-order valence-electron chi connectivity index (χ0n) is 16.0. The zero-order chi connectivity index (χ0) is 19.7. The summed E-state index contributed by atoms with van der Waals surface area (Å²) in [5, 5.41) is 0.142. The Hall–Kier alpha value is -2.35. The van der Waals surface area contributed by atoms with Gasteiger partial charge in [0.2, 0.25) is 0 Å². The van der Waals surface area contributed by atoms with Crippen LogP contribution in [0.25, 0.3) is 10.9 Å². The second kappa shape index (κ2) is 5.82. The number of halogens is 1. The minimum Gasteiger partial charge on any atom is -0.367 e. The Morgan fingerprint density at radius 3 is 2.52 bits per heavy atom. The Balaban J connectivity index is 2.01. The second-order valence-electron chi connectivity index (χ2n) is 8.80. The number of fused-ring (bicyclic) bond motifs is 1. The normalized spacial score (nSPS) is 22.4. The van der Waals surface area contributed by atoms with Crippen molar-refractivity contribution in [1.29, 1.82) is 0 Å². The van der Waals surface area contributed by atoms with Crippen LogP contribution < -0.4 is 27.7 Å². The molecule has 27 heavy (non-hydrogen) atoms. The molecular weight excluding hydrogens is 349 g/mol. The molecule has 2 aliphatic rings. The minimum absolute atomic E-state index is 0.00691. The molecule has 7 nitrogen and oxygen atoms in total. The average Bonchev–Trinajstić information content (AvgIpc) is 3.37. The standard InChI is InChI=1S/C19H26FN5O2/c1-10-15-13(17(26)25(22)18(27)24(15)12-4-5-12)6-14(20)16(10)23-8-11(21)7-19(2,3)9-23/h6,11-12H,4-5,7-9,21-22H2,1-3H3/t11-/m0/s1. The molecule has 146 valence electrons. The number of nitrogens with zero attached hydrogens (tertiary/aromatic N) is 3. The van der Waals surface area contributed by atoms with Gasteiger partial charge < -0.3 is 16.5 Å². The van der Waals surface area contributed by atoms with Crippen molar-refractivity contribution in [3.63, 3.8) is 0 Å². The summed E-state index contributed by atoms with van der Waals surface area (Å²) in [7, 11) is 0. The number of aryl methyl sites for hydroxylation is 1. The van der Waals surface area contributed by atoms with Gasteiger partial charge in [-0.1, -0.05) is 13.8 Å². The van der Waals surface area contributed by atoms with Crippen molar-refractivity contribution < 1.29 is 4.39 Å². The first kappa shape index (κ1) is 18.0. The maximum atomic E-state index is 15.1. The number of piperidine rings is 1. The first-order valence-electron chi connectivity index (χ1n) is 9.36. The zero-order valence-corrected chi connectivity index (χ0v) is 16.0. The lowest BCUT2D eigenvalue weighted by atomic mass is 9.81. The lowest BCUT2D eigenvalue weighted by molar-refractivity contribution is 0.267. The summed E-state index contributed by atoms with van der Waals surface area (Å²) in [4.78, 5) is 27.1. The van der Waals surface area contributed by atoms with Crippen molar-refractivity contribution in [3.8, 4) is 0 Å². The van der Waals surface area contributed by atoms with Crippen molar-refractivity contribution in [1.82, 2.24) is 9.24 Å². The Labute approximate surface area is 156 Å². The highest BCUT2D eigenvalue weighted by Gasteiger charge is 2.35. The maximum absolute atomic E-state index is 15.1. The molecule has 1 aromatic carbocycles. The van der Waals surface area contributed by atoms with Crippen LogP contribution in [-0.4, -0.2) is 28.4 Å². The fourth-order valence-corrected chi connectivity index (χ4v) is 4.59. The lowest BCUT2D eigenvalue weighted by Gasteiger charge is -2.43. The predicted octanol–water partition coefficient (Wildman–Crippen LogP) is 1.22. The van der Waals surface area contributed by atoms with Gasteiger partial charge in [0.15, 0.2) is 0 Å². The molecule has 2 aromatic rings.